The van der Waals surface area contributed by atoms with Crippen molar-refractivity contribution in [2.75, 3.05) is 0 Å². The van der Waals surface area contributed by atoms with Gasteiger partial charge in [-0.3, -0.25) is 9.59 Å². The molecule has 0 spiro atoms. The quantitative estimate of drug-likeness (QED) is 0.877. The Balaban J connectivity index is 2.31. The molecule has 4 heteroatoms. The largest absolute Gasteiger partial charge is 0.342 e. The van der Waals surface area contributed by atoms with Crippen LogP contribution in [0.5, 0.6) is 0 Å². The van der Waals surface area contributed by atoms with Crippen LogP contribution in [0.3, 0.4) is 0 Å². The minimum absolute atomic E-state index is 0.0137. The lowest BCUT2D eigenvalue weighted by Gasteiger charge is -2.43. The number of carbonyl (C=O) groups excluding carboxylic acids is 2. The molecule has 0 aliphatic carbocycles. The number of rotatable bonds is 6. The monoisotopic (exact) mass is 316 g/mol. The predicted octanol–water partition coefficient (Wildman–Crippen LogP) is 2.97. The van der Waals surface area contributed by atoms with E-state index in [9.17, 15) is 9.59 Å². The predicted molar refractivity (Wildman–Crippen MR) is 91.6 cm³/mol. The smallest absolute Gasteiger partial charge is 0.246 e. The van der Waals surface area contributed by atoms with Gasteiger partial charge in [0.2, 0.25) is 11.8 Å². The molecule has 1 aromatic rings. The van der Waals surface area contributed by atoms with Gasteiger partial charge in [-0.2, -0.15) is 0 Å². The molecule has 0 bridgehead atoms. The Labute approximate surface area is 139 Å². The van der Waals surface area contributed by atoms with Crippen molar-refractivity contribution < 1.29 is 9.59 Å². The summed E-state index contributed by atoms with van der Waals surface area (Å²) in [4.78, 5) is 27.5. The average Bonchev–Trinajstić information content (AvgIpc) is 2.57. The molecule has 4 nitrogen and oxygen atoms in total. The summed E-state index contributed by atoms with van der Waals surface area (Å²) in [6.45, 7) is 8.66. The summed E-state index contributed by atoms with van der Waals surface area (Å²) in [6, 6.07) is 9.12. The normalized spacial score (nSPS) is 24.3. The minimum atomic E-state index is -0.406. The van der Waals surface area contributed by atoms with Crippen molar-refractivity contribution in [1.82, 2.24) is 10.2 Å². The van der Waals surface area contributed by atoms with E-state index in [0.717, 1.165) is 18.4 Å². The van der Waals surface area contributed by atoms with E-state index in [-0.39, 0.29) is 29.7 Å². The molecule has 1 aromatic carbocycles. The van der Waals surface area contributed by atoms with Crippen LogP contribution in [0, 0.1) is 11.8 Å². The van der Waals surface area contributed by atoms with E-state index in [1.54, 1.807) is 4.90 Å². The maximum atomic E-state index is 13.0. The van der Waals surface area contributed by atoms with Crippen LogP contribution in [0.4, 0.5) is 0 Å². The Kier molecular flexibility index (Phi) is 5.80. The zero-order valence-electron chi connectivity index (χ0n) is 14.6. The van der Waals surface area contributed by atoms with E-state index in [0.29, 0.717) is 6.54 Å². The van der Waals surface area contributed by atoms with Crippen LogP contribution in [-0.2, 0) is 16.1 Å². The van der Waals surface area contributed by atoms with Crippen molar-refractivity contribution in [3.05, 3.63) is 35.9 Å². The number of nitrogens with zero attached hydrogens (tertiary/aromatic N) is 1. The highest BCUT2D eigenvalue weighted by Crippen LogP contribution is 2.25. The van der Waals surface area contributed by atoms with Gasteiger partial charge in [-0.15, -0.1) is 0 Å². The Bertz CT molecular complexity index is 544. The van der Waals surface area contributed by atoms with E-state index in [1.165, 1.54) is 0 Å². The van der Waals surface area contributed by atoms with E-state index >= 15 is 0 Å². The van der Waals surface area contributed by atoms with Crippen LogP contribution < -0.4 is 5.32 Å². The molecule has 23 heavy (non-hydrogen) atoms. The van der Waals surface area contributed by atoms with Gasteiger partial charge in [0, 0.05) is 6.54 Å². The Morgan fingerprint density at radius 2 is 1.65 bits per heavy atom. The van der Waals surface area contributed by atoms with E-state index in [1.807, 2.05) is 51.1 Å². The summed E-state index contributed by atoms with van der Waals surface area (Å²) in [5.74, 6) is 0.316. The highest BCUT2D eigenvalue weighted by Gasteiger charge is 2.43. The van der Waals surface area contributed by atoms with Gasteiger partial charge in [0.25, 0.3) is 0 Å². The van der Waals surface area contributed by atoms with Crippen LogP contribution in [-0.4, -0.2) is 28.8 Å². The Morgan fingerprint density at radius 1 is 1.04 bits per heavy atom. The summed E-state index contributed by atoms with van der Waals surface area (Å²) in [5, 5.41) is 2.97. The van der Waals surface area contributed by atoms with Crippen LogP contribution >= 0.6 is 0 Å². The number of benzene rings is 1. The van der Waals surface area contributed by atoms with Gasteiger partial charge in [-0.05, 0) is 17.4 Å². The molecule has 1 heterocycles. The van der Waals surface area contributed by atoms with Gasteiger partial charge in [0.05, 0.1) is 0 Å². The van der Waals surface area contributed by atoms with E-state index in [4.69, 9.17) is 0 Å². The lowest BCUT2D eigenvalue weighted by molar-refractivity contribution is -0.153. The summed E-state index contributed by atoms with van der Waals surface area (Å²) >= 11 is 0. The van der Waals surface area contributed by atoms with Gasteiger partial charge in [0.1, 0.15) is 12.1 Å². The maximum absolute atomic E-state index is 13.0. The molecule has 0 aromatic heterocycles. The second-order valence-corrected chi connectivity index (χ2v) is 6.65. The van der Waals surface area contributed by atoms with Gasteiger partial charge in [-0.1, -0.05) is 70.9 Å². The number of hydrogen-bond acceptors (Lipinski definition) is 2. The molecule has 2 amide bonds. The fraction of sp³-hybridized carbons (Fsp3) is 0.579. The first-order chi connectivity index (χ1) is 11.0. The molecule has 126 valence electrons. The summed E-state index contributed by atoms with van der Waals surface area (Å²) < 4.78 is 0. The highest BCUT2D eigenvalue weighted by molar-refractivity contribution is 5.97. The molecular formula is C19H28N2O2. The molecule has 1 aliphatic rings. The van der Waals surface area contributed by atoms with Crippen LogP contribution in [0.1, 0.15) is 46.1 Å². The summed E-state index contributed by atoms with van der Waals surface area (Å²) in [6.07, 6.45) is 1.73. The first-order valence-electron chi connectivity index (χ1n) is 8.64. The summed E-state index contributed by atoms with van der Waals surface area (Å²) in [5.41, 5.74) is 1.06. The SMILES string of the molecule is CCC(C)C1NC(=O)C(C(C)CC)N(Cc2ccccc2)C1=O. The minimum Gasteiger partial charge on any atom is -0.342 e. The number of hydrogen-bond donors (Lipinski definition) is 1. The Hall–Kier alpha value is -1.84. The van der Waals surface area contributed by atoms with Crippen molar-refractivity contribution in [1.29, 1.82) is 0 Å². The first-order valence-corrected chi connectivity index (χ1v) is 8.64. The van der Waals surface area contributed by atoms with Gasteiger partial charge in [0.15, 0.2) is 0 Å². The van der Waals surface area contributed by atoms with Crippen LogP contribution in [0.15, 0.2) is 30.3 Å². The fourth-order valence-corrected chi connectivity index (χ4v) is 3.12. The molecule has 4 atom stereocenters. The number of piperazine rings is 1. The van der Waals surface area contributed by atoms with Crippen molar-refractivity contribution in [3.8, 4) is 0 Å². The van der Waals surface area contributed by atoms with Crippen LogP contribution in [0.25, 0.3) is 0 Å². The highest BCUT2D eigenvalue weighted by atomic mass is 16.2. The third kappa shape index (κ3) is 3.74. The topological polar surface area (TPSA) is 49.4 Å². The summed E-state index contributed by atoms with van der Waals surface area (Å²) in [7, 11) is 0. The second kappa shape index (κ2) is 7.62. The molecule has 0 radical (unpaired) electrons. The molecule has 4 unspecified atom stereocenters. The molecule has 1 fully saturated rings. The molecule has 1 N–H and O–H groups in total. The average molecular weight is 316 g/mol. The molecular weight excluding hydrogens is 288 g/mol. The van der Waals surface area contributed by atoms with Gasteiger partial charge in [-0.25, -0.2) is 0 Å². The lowest BCUT2D eigenvalue weighted by atomic mass is 9.89. The number of carbonyl (C=O) groups is 2. The lowest BCUT2D eigenvalue weighted by Crippen LogP contribution is -2.66. The standard InChI is InChI=1S/C19H28N2O2/c1-5-13(3)16-19(23)21(12-15-10-8-7-9-11-15)17(14(4)6-2)18(22)20-16/h7-11,13-14,16-17H,5-6,12H2,1-4H3,(H,20,22). The van der Waals surface area contributed by atoms with Crippen molar-refractivity contribution in [3.63, 3.8) is 0 Å². The van der Waals surface area contributed by atoms with Crippen LogP contribution in [0.2, 0.25) is 0 Å². The molecule has 1 saturated heterocycles. The van der Waals surface area contributed by atoms with Crippen molar-refractivity contribution in [2.24, 2.45) is 11.8 Å². The van der Waals surface area contributed by atoms with E-state index < -0.39 is 6.04 Å². The number of nitrogens with one attached hydrogen (secondary N) is 1. The van der Waals surface area contributed by atoms with E-state index in [2.05, 4.69) is 12.2 Å². The van der Waals surface area contributed by atoms with Gasteiger partial charge >= 0.3 is 0 Å². The molecule has 2 rings (SSSR count). The zero-order chi connectivity index (χ0) is 17.0. The van der Waals surface area contributed by atoms with Gasteiger partial charge < -0.3 is 10.2 Å². The van der Waals surface area contributed by atoms with Crippen molar-refractivity contribution >= 4 is 11.8 Å². The third-order valence-corrected chi connectivity index (χ3v) is 5.04. The van der Waals surface area contributed by atoms with Crippen molar-refractivity contribution in [2.45, 2.75) is 59.2 Å². The molecule has 0 saturated carbocycles. The fourth-order valence-electron chi connectivity index (χ4n) is 3.12. The first kappa shape index (κ1) is 17.5. The second-order valence-electron chi connectivity index (χ2n) is 6.65. The number of amides is 2. The Morgan fingerprint density at radius 3 is 2.22 bits per heavy atom. The third-order valence-electron chi connectivity index (χ3n) is 5.04. The molecule has 1 aliphatic heterocycles. The zero-order valence-corrected chi connectivity index (χ0v) is 14.6. The maximum Gasteiger partial charge on any atom is 0.246 e.